The number of esters is 1. The van der Waals surface area contributed by atoms with Gasteiger partial charge in [-0.05, 0) is 70.8 Å². The molecule has 1 aliphatic carbocycles. The van der Waals surface area contributed by atoms with E-state index in [1.165, 1.54) is 23.5 Å². The summed E-state index contributed by atoms with van der Waals surface area (Å²) in [5.74, 6) is 0.108. The molecule has 6 heteroatoms. The van der Waals surface area contributed by atoms with Gasteiger partial charge < -0.3 is 9.15 Å². The first-order valence-corrected chi connectivity index (χ1v) is 10.6. The van der Waals surface area contributed by atoms with E-state index in [2.05, 4.69) is 55.6 Å². The molecule has 0 unspecified atom stereocenters. The lowest BCUT2D eigenvalue weighted by Crippen LogP contribution is -2.20. The Morgan fingerprint density at radius 2 is 1.78 bits per heavy atom. The van der Waals surface area contributed by atoms with Crippen molar-refractivity contribution < 1.29 is 18.7 Å². The Balaban J connectivity index is 1.26. The molecule has 0 saturated heterocycles. The smallest absolute Gasteiger partial charge is 0.379 e. The van der Waals surface area contributed by atoms with Gasteiger partial charge in [0.2, 0.25) is 11.7 Å². The Morgan fingerprint density at radius 1 is 1.06 bits per heavy atom. The van der Waals surface area contributed by atoms with Crippen molar-refractivity contribution in [2.75, 3.05) is 0 Å². The number of ether oxygens (including phenoxy) is 1. The van der Waals surface area contributed by atoms with E-state index >= 15 is 0 Å². The molecule has 32 heavy (non-hydrogen) atoms. The zero-order valence-electron chi connectivity index (χ0n) is 18.4. The number of carbonyl (C=O) groups excluding carboxylic acids is 2. The van der Waals surface area contributed by atoms with Gasteiger partial charge in [-0.1, -0.05) is 45.0 Å². The number of nitrogens with zero attached hydrogens (tertiary/aromatic N) is 1. The van der Waals surface area contributed by atoms with Crippen LogP contribution < -0.4 is 10.2 Å². The molecule has 1 aliphatic rings. The zero-order valence-corrected chi connectivity index (χ0v) is 18.4. The van der Waals surface area contributed by atoms with Crippen molar-refractivity contribution in [1.82, 2.24) is 5.43 Å². The summed E-state index contributed by atoms with van der Waals surface area (Å²) in [6.07, 6.45) is 3.81. The van der Waals surface area contributed by atoms with Crippen LogP contribution >= 0.6 is 0 Å². The van der Waals surface area contributed by atoms with E-state index in [-0.39, 0.29) is 28.9 Å². The number of rotatable bonds is 6. The third-order valence-electron chi connectivity index (χ3n) is 5.53. The lowest BCUT2D eigenvalue weighted by Gasteiger charge is -2.19. The number of benzene rings is 2. The van der Waals surface area contributed by atoms with Gasteiger partial charge in [-0.15, -0.1) is 0 Å². The number of hydrogen-bond donors (Lipinski definition) is 1. The average molecular weight is 431 g/mol. The van der Waals surface area contributed by atoms with Crippen LogP contribution in [0.5, 0.6) is 5.75 Å². The fraction of sp³-hybridized carbons (Fsp3) is 0.269. The van der Waals surface area contributed by atoms with Gasteiger partial charge in [0.05, 0.1) is 12.5 Å². The molecule has 1 fully saturated rings. The minimum Gasteiger partial charge on any atom is -0.457 e. The summed E-state index contributed by atoms with van der Waals surface area (Å²) in [5, 5.41) is 4.06. The summed E-state index contributed by atoms with van der Waals surface area (Å²) >= 11 is 0. The molecule has 6 nitrogen and oxygen atoms in total. The molecule has 1 N–H and O–H groups in total. The minimum atomic E-state index is -0.560. The number of amides is 1. The third-order valence-corrected chi connectivity index (χ3v) is 5.53. The Morgan fingerprint density at radius 3 is 2.41 bits per heavy atom. The van der Waals surface area contributed by atoms with Crippen LogP contribution in [0.3, 0.4) is 0 Å². The van der Waals surface area contributed by atoms with E-state index < -0.39 is 5.97 Å². The number of furan rings is 1. The molecule has 4 rings (SSSR count). The van der Waals surface area contributed by atoms with E-state index in [0.29, 0.717) is 5.75 Å². The first kappa shape index (κ1) is 21.6. The van der Waals surface area contributed by atoms with Gasteiger partial charge in [0.25, 0.3) is 0 Å². The fourth-order valence-corrected chi connectivity index (χ4v) is 3.51. The highest BCUT2D eigenvalue weighted by Crippen LogP contribution is 2.47. The van der Waals surface area contributed by atoms with Crippen LogP contribution in [-0.2, 0) is 10.2 Å². The van der Waals surface area contributed by atoms with Crippen LogP contribution in [0.1, 0.15) is 60.4 Å². The molecule has 2 atom stereocenters. The van der Waals surface area contributed by atoms with Crippen LogP contribution in [-0.4, -0.2) is 18.1 Å². The highest BCUT2D eigenvalue weighted by molar-refractivity contribution is 5.88. The monoisotopic (exact) mass is 430 g/mol. The van der Waals surface area contributed by atoms with Gasteiger partial charge in [-0.3, -0.25) is 4.79 Å². The second-order valence-electron chi connectivity index (χ2n) is 8.99. The summed E-state index contributed by atoms with van der Waals surface area (Å²) in [7, 11) is 0. The van der Waals surface area contributed by atoms with Crippen molar-refractivity contribution in [1.29, 1.82) is 0 Å². The lowest BCUT2D eigenvalue weighted by atomic mass is 9.86. The van der Waals surface area contributed by atoms with E-state index in [1.54, 1.807) is 36.5 Å². The van der Waals surface area contributed by atoms with Crippen LogP contribution in [0.4, 0.5) is 0 Å². The van der Waals surface area contributed by atoms with Crippen LogP contribution in [0.2, 0.25) is 0 Å². The van der Waals surface area contributed by atoms with E-state index in [9.17, 15) is 9.59 Å². The molecular weight excluding hydrogens is 404 g/mol. The van der Waals surface area contributed by atoms with Gasteiger partial charge in [0.1, 0.15) is 5.75 Å². The maximum absolute atomic E-state index is 12.4. The van der Waals surface area contributed by atoms with Gasteiger partial charge in [0, 0.05) is 5.92 Å². The first-order chi connectivity index (χ1) is 15.3. The number of nitrogens with one attached hydrogen (secondary N) is 1. The van der Waals surface area contributed by atoms with Crippen LogP contribution in [0, 0.1) is 5.92 Å². The topological polar surface area (TPSA) is 80.9 Å². The highest BCUT2D eigenvalue weighted by atomic mass is 16.5. The molecular formula is C26H26N2O4. The van der Waals surface area contributed by atoms with Crippen molar-refractivity contribution >= 4 is 18.1 Å². The van der Waals surface area contributed by atoms with Crippen LogP contribution in [0.15, 0.2) is 76.4 Å². The lowest BCUT2D eigenvalue weighted by molar-refractivity contribution is -0.122. The number of hydrazone groups is 1. The second kappa shape index (κ2) is 8.83. The molecule has 0 spiro atoms. The molecule has 164 valence electrons. The number of hydrogen-bond acceptors (Lipinski definition) is 5. The zero-order chi connectivity index (χ0) is 22.7. The Bertz CT molecular complexity index is 1110. The average Bonchev–Trinajstić information content (AvgIpc) is 3.38. The molecule has 2 aromatic carbocycles. The Labute approximate surface area is 187 Å². The normalized spacial score (nSPS) is 17.8. The van der Waals surface area contributed by atoms with E-state index in [4.69, 9.17) is 9.15 Å². The van der Waals surface area contributed by atoms with Crippen molar-refractivity contribution in [2.24, 2.45) is 11.0 Å². The summed E-state index contributed by atoms with van der Waals surface area (Å²) in [6.45, 7) is 6.57. The molecule has 1 amide bonds. The maximum atomic E-state index is 12.4. The second-order valence-corrected chi connectivity index (χ2v) is 8.99. The van der Waals surface area contributed by atoms with Gasteiger partial charge in [-0.2, -0.15) is 5.10 Å². The number of carbonyl (C=O) groups is 2. The molecule has 0 bridgehead atoms. The van der Waals surface area contributed by atoms with Crippen molar-refractivity contribution in [3.05, 3.63) is 89.4 Å². The predicted molar refractivity (Wildman–Crippen MR) is 122 cm³/mol. The molecule has 1 aromatic heterocycles. The summed E-state index contributed by atoms with van der Waals surface area (Å²) in [4.78, 5) is 24.3. The molecule has 3 aromatic rings. The maximum Gasteiger partial charge on any atom is 0.379 e. The van der Waals surface area contributed by atoms with E-state index in [0.717, 1.165) is 12.0 Å². The SMILES string of the molecule is CC(C)(C)c1ccc([C@@H]2C[C@H]2C(=O)N/N=C/c2ccc(OC(=O)c3ccco3)cc2)cc1. The fourth-order valence-electron chi connectivity index (χ4n) is 3.51. The van der Waals surface area contributed by atoms with Gasteiger partial charge >= 0.3 is 5.97 Å². The van der Waals surface area contributed by atoms with Crippen molar-refractivity contribution in [3.8, 4) is 5.75 Å². The third kappa shape index (κ3) is 5.14. The minimum absolute atomic E-state index is 0.0453. The molecule has 0 aliphatic heterocycles. The Kier molecular flexibility index (Phi) is 5.95. The largest absolute Gasteiger partial charge is 0.457 e. The van der Waals surface area contributed by atoms with Gasteiger partial charge in [0.15, 0.2) is 0 Å². The summed E-state index contributed by atoms with van der Waals surface area (Å²) in [5.41, 5.74) is 6.00. The van der Waals surface area contributed by atoms with Gasteiger partial charge in [-0.25, -0.2) is 10.2 Å². The standard InChI is InChI=1S/C26H26N2O4/c1-26(2,3)19-10-8-18(9-11-19)21-15-22(21)24(29)28-27-16-17-6-12-20(13-7-17)32-25(30)23-5-4-14-31-23/h4-14,16,21-22H,15H2,1-3H3,(H,28,29)/b27-16+/t21-,22+/m0/s1. The summed E-state index contributed by atoms with van der Waals surface area (Å²) in [6, 6.07) is 18.5. The van der Waals surface area contributed by atoms with E-state index in [1.807, 2.05) is 0 Å². The Hall–Kier alpha value is -3.67. The quantitative estimate of drug-likeness (QED) is 0.257. The first-order valence-electron chi connectivity index (χ1n) is 10.6. The van der Waals surface area contributed by atoms with Crippen molar-refractivity contribution in [2.45, 2.75) is 38.5 Å². The molecule has 0 radical (unpaired) electrons. The predicted octanol–water partition coefficient (Wildman–Crippen LogP) is 5.05. The molecule has 1 heterocycles. The van der Waals surface area contributed by atoms with Crippen LogP contribution in [0.25, 0.3) is 0 Å². The molecule has 1 saturated carbocycles. The van der Waals surface area contributed by atoms with Crippen molar-refractivity contribution in [3.63, 3.8) is 0 Å². The highest BCUT2D eigenvalue weighted by Gasteiger charge is 2.44. The summed E-state index contributed by atoms with van der Waals surface area (Å²) < 4.78 is 10.2.